The summed E-state index contributed by atoms with van der Waals surface area (Å²) >= 11 is 0. The summed E-state index contributed by atoms with van der Waals surface area (Å²) in [4.78, 5) is 38.0. The van der Waals surface area contributed by atoms with Crippen LogP contribution in [-0.2, 0) is 17.3 Å². The molecule has 1 aliphatic rings. The number of aromatic nitrogens is 3. The Morgan fingerprint density at radius 1 is 1.06 bits per heavy atom. The number of nitrogens with one attached hydrogen (secondary N) is 2. The van der Waals surface area contributed by atoms with E-state index in [1.54, 1.807) is 37.4 Å². The normalized spacial score (nSPS) is 14.3. The number of carbonyl (C=O) groups excluding carboxylic acids is 2. The van der Waals surface area contributed by atoms with Crippen LogP contribution in [0.15, 0.2) is 48.9 Å². The Morgan fingerprint density at radius 2 is 1.74 bits per heavy atom. The molecule has 0 aliphatic heterocycles. The standard InChI is InChI=1S/C26H27F2N5O2/c1-16-10-19(33-21-7-5-4-6-20(21)25(3,27)28)14-31-22(16)15-32-24(35)26(8-9-26)11-23(34)18-12-29-17(2)30-13-18/h4-7,10,12-14,33H,8-9,11,15H2,1-3H3,(H,32,35). The van der Waals surface area contributed by atoms with Gasteiger partial charge in [-0.05, 0) is 44.4 Å². The Balaban J connectivity index is 1.38. The quantitative estimate of drug-likeness (QED) is 0.419. The lowest BCUT2D eigenvalue weighted by Gasteiger charge is -2.18. The highest BCUT2D eigenvalue weighted by Gasteiger charge is 2.51. The SMILES string of the molecule is Cc1ncc(C(=O)CC2(C(=O)NCc3ncc(Nc4ccccc4C(C)(F)F)cc3C)CC2)cn1. The van der Waals surface area contributed by atoms with Crippen LogP contribution in [0.25, 0.3) is 0 Å². The number of Topliss-reactive ketones (excluding diaryl/α,β-unsaturated/α-hetero) is 1. The lowest BCUT2D eigenvalue weighted by Crippen LogP contribution is -2.33. The van der Waals surface area contributed by atoms with Gasteiger partial charge in [-0.3, -0.25) is 14.6 Å². The first-order valence-electron chi connectivity index (χ1n) is 11.4. The number of carbonyl (C=O) groups is 2. The molecule has 4 rings (SSSR count). The fourth-order valence-corrected chi connectivity index (χ4v) is 3.92. The average molecular weight is 480 g/mol. The molecule has 1 aromatic carbocycles. The van der Waals surface area contributed by atoms with Crippen molar-refractivity contribution >= 4 is 23.1 Å². The fraction of sp³-hybridized carbons (Fsp3) is 0.346. The van der Waals surface area contributed by atoms with Gasteiger partial charge >= 0.3 is 0 Å². The van der Waals surface area contributed by atoms with E-state index in [1.807, 2.05) is 6.92 Å². The van der Waals surface area contributed by atoms with Gasteiger partial charge in [0.25, 0.3) is 5.92 Å². The summed E-state index contributed by atoms with van der Waals surface area (Å²) < 4.78 is 27.8. The summed E-state index contributed by atoms with van der Waals surface area (Å²) in [6.07, 6.45) is 5.93. The van der Waals surface area contributed by atoms with Crippen molar-refractivity contribution in [2.75, 3.05) is 5.32 Å². The van der Waals surface area contributed by atoms with E-state index >= 15 is 0 Å². The first kappa shape index (κ1) is 24.4. The number of para-hydroxylation sites is 1. The van der Waals surface area contributed by atoms with Crippen molar-refractivity contribution in [3.05, 3.63) is 77.1 Å². The number of anilines is 2. The minimum Gasteiger partial charge on any atom is -0.354 e. The summed E-state index contributed by atoms with van der Waals surface area (Å²) in [6.45, 7) is 4.65. The molecular formula is C26H27F2N5O2. The number of amides is 1. The molecule has 1 aliphatic carbocycles. The summed E-state index contributed by atoms with van der Waals surface area (Å²) in [5.74, 6) is -2.73. The zero-order chi connectivity index (χ0) is 25.2. The van der Waals surface area contributed by atoms with E-state index in [0.29, 0.717) is 41.3 Å². The largest absolute Gasteiger partial charge is 0.354 e. The Labute approximate surface area is 202 Å². The van der Waals surface area contributed by atoms with E-state index in [0.717, 1.165) is 12.5 Å². The molecular weight excluding hydrogens is 452 g/mol. The minimum atomic E-state index is -2.98. The van der Waals surface area contributed by atoms with Gasteiger partial charge in [-0.25, -0.2) is 18.7 Å². The molecule has 0 saturated heterocycles. The molecule has 0 unspecified atom stereocenters. The molecule has 0 spiro atoms. The van der Waals surface area contributed by atoms with E-state index < -0.39 is 11.3 Å². The number of pyridine rings is 1. The number of aryl methyl sites for hydroxylation is 2. The van der Waals surface area contributed by atoms with E-state index in [1.165, 1.54) is 18.5 Å². The Kier molecular flexibility index (Phi) is 6.60. The Bertz CT molecular complexity index is 1250. The molecule has 0 radical (unpaired) electrons. The first-order chi connectivity index (χ1) is 16.6. The molecule has 182 valence electrons. The summed E-state index contributed by atoms with van der Waals surface area (Å²) in [7, 11) is 0. The van der Waals surface area contributed by atoms with Gasteiger partial charge in [-0.2, -0.15) is 0 Å². The smallest absolute Gasteiger partial charge is 0.272 e. The molecule has 0 atom stereocenters. The second kappa shape index (κ2) is 9.48. The summed E-state index contributed by atoms with van der Waals surface area (Å²) in [5, 5.41) is 5.91. The highest BCUT2D eigenvalue weighted by molar-refractivity contribution is 6.00. The maximum Gasteiger partial charge on any atom is 0.272 e. The van der Waals surface area contributed by atoms with Crippen LogP contribution in [0, 0.1) is 19.3 Å². The van der Waals surface area contributed by atoms with Gasteiger partial charge < -0.3 is 10.6 Å². The van der Waals surface area contributed by atoms with Crippen LogP contribution in [-0.4, -0.2) is 26.6 Å². The van der Waals surface area contributed by atoms with Gasteiger partial charge in [0.2, 0.25) is 5.91 Å². The number of rotatable bonds is 9. The predicted octanol–water partition coefficient (Wildman–Crippen LogP) is 5.01. The topological polar surface area (TPSA) is 96.9 Å². The number of ketones is 1. The molecule has 9 heteroatoms. The maximum atomic E-state index is 13.9. The lowest BCUT2D eigenvalue weighted by atomic mass is 9.95. The number of alkyl halides is 2. The van der Waals surface area contributed by atoms with Gasteiger partial charge in [-0.15, -0.1) is 0 Å². The van der Waals surface area contributed by atoms with E-state index in [4.69, 9.17) is 0 Å². The van der Waals surface area contributed by atoms with Crippen LogP contribution >= 0.6 is 0 Å². The van der Waals surface area contributed by atoms with E-state index in [9.17, 15) is 18.4 Å². The summed E-state index contributed by atoms with van der Waals surface area (Å²) in [5.41, 5.74) is 1.93. The molecule has 2 N–H and O–H groups in total. The molecule has 3 aromatic rings. The summed E-state index contributed by atoms with van der Waals surface area (Å²) in [6, 6.07) is 8.03. The lowest BCUT2D eigenvalue weighted by molar-refractivity contribution is -0.126. The van der Waals surface area contributed by atoms with Gasteiger partial charge in [0.15, 0.2) is 5.78 Å². The Morgan fingerprint density at radius 3 is 2.37 bits per heavy atom. The zero-order valence-electron chi connectivity index (χ0n) is 19.9. The zero-order valence-corrected chi connectivity index (χ0v) is 19.9. The second-order valence-corrected chi connectivity index (χ2v) is 9.13. The van der Waals surface area contributed by atoms with Crippen molar-refractivity contribution in [1.82, 2.24) is 20.3 Å². The molecule has 1 amide bonds. The third-order valence-corrected chi connectivity index (χ3v) is 6.22. The predicted molar refractivity (Wildman–Crippen MR) is 127 cm³/mol. The van der Waals surface area contributed by atoms with Crippen molar-refractivity contribution in [2.45, 2.75) is 52.5 Å². The number of hydrogen-bond acceptors (Lipinski definition) is 6. The first-order valence-corrected chi connectivity index (χ1v) is 11.4. The van der Waals surface area contributed by atoms with Crippen LogP contribution in [0.1, 0.15) is 59.2 Å². The molecule has 0 bridgehead atoms. The molecule has 1 fully saturated rings. The number of benzene rings is 1. The maximum absolute atomic E-state index is 13.9. The van der Waals surface area contributed by atoms with E-state index in [-0.39, 0.29) is 30.2 Å². The molecule has 7 nitrogen and oxygen atoms in total. The minimum absolute atomic E-state index is 0.101. The van der Waals surface area contributed by atoms with Gasteiger partial charge in [0.1, 0.15) is 5.82 Å². The van der Waals surface area contributed by atoms with Crippen molar-refractivity contribution in [1.29, 1.82) is 0 Å². The number of halogens is 2. The second-order valence-electron chi connectivity index (χ2n) is 9.13. The average Bonchev–Trinajstić information content (AvgIpc) is 3.59. The van der Waals surface area contributed by atoms with Crippen LogP contribution < -0.4 is 10.6 Å². The number of nitrogens with zero attached hydrogens (tertiary/aromatic N) is 3. The van der Waals surface area contributed by atoms with Crippen LogP contribution in [0.5, 0.6) is 0 Å². The fourth-order valence-electron chi connectivity index (χ4n) is 3.92. The molecule has 2 heterocycles. The highest BCUT2D eigenvalue weighted by atomic mass is 19.3. The molecule has 35 heavy (non-hydrogen) atoms. The third-order valence-electron chi connectivity index (χ3n) is 6.22. The highest BCUT2D eigenvalue weighted by Crippen LogP contribution is 2.49. The molecule has 1 saturated carbocycles. The van der Waals surface area contributed by atoms with Crippen LogP contribution in [0.2, 0.25) is 0 Å². The van der Waals surface area contributed by atoms with Crippen molar-refractivity contribution in [2.24, 2.45) is 5.41 Å². The van der Waals surface area contributed by atoms with Crippen molar-refractivity contribution in [3.8, 4) is 0 Å². The van der Waals surface area contributed by atoms with E-state index in [2.05, 4.69) is 25.6 Å². The van der Waals surface area contributed by atoms with Crippen LogP contribution in [0.4, 0.5) is 20.2 Å². The monoisotopic (exact) mass is 479 g/mol. The Hall–Kier alpha value is -3.75. The number of hydrogen-bond donors (Lipinski definition) is 2. The molecule has 2 aromatic heterocycles. The third kappa shape index (κ3) is 5.67. The van der Waals surface area contributed by atoms with Gasteiger partial charge in [-0.1, -0.05) is 18.2 Å². The van der Waals surface area contributed by atoms with Crippen molar-refractivity contribution in [3.63, 3.8) is 0 Å². The van der Waals surface area contributed by atoms with Gasteiger partial charge in [0, 0.05) is 37.0 Å². The van der Waals surface area contributed by atoms with Crippen molar-refractivity contribution < 1.29 is 18.4 Å². The van der Waals surface area contributed by atoms with Crippen LogP contribution in [0.3, 0.4) is 0 Å². The van der Waals surface area contributed by atoms with Gasteiger partial charge in [0.05, 0.1) is 35.1 Å².